The number of aromatic nitrogens is 1. The van der Waals surface area contributed by atoms with E-state index in [-0.39, 0.29) is 31.2 Å². The predicted molar refractivity (Wildman–Crippen MR) is 108 cm³/mol. The average Bonchev–Trinajstić information content (AvgIpc) is 2.73. The number of methoxy groups -OCH3 is 1. The van der Waals surface area contributed by atoms with Gasteiger partial charge in [0.15, 0.2) is 0 Å². The van der Waals surface area contributed by atoms with Crippen LogP contribution >= 0.6 is 0 Å². The van der Waals surface area contributed by atoms with Crippen molar-refractivity contribution in [1.29, 1.82) is 0 Å². The fourth-order valence-electron chi connectivity index (χ4n) is 2.50. The van der Waals surface area contributed by atoms with Gasteiger partial charge in [-0.2, -0.15) is 0 Å². The lowest BCUT2D eigenvalue weighted by Crippen LogP contribution is -2.31. The third-order valence-corrected chi connectivity index (χ3v) is 4.05. The van der Waals surface area contributed by atoms with E-state index in [0.717, 1.165) is 0 Å². The fourth-order valence-corrected chi connectivity index (χ4v) is 2.50. The molecule has 0 atom stereocenters. The van der Waals surface area contributed by atoms with Crippen LogP contribution in [0.4, 0.5) is 5.69 Å². The third kappa shape index (κ3) is 6.40. The first kappa shape index (κ1) is 22.5. The molecule has 30 heavy (non-hydrogen) atoms. The highest BCUT2D eigenvalue weighted by Crippen LogP contribution is 2.13. The number of carbonyl (C=O) groups is 4. The summed E-state index contributed by atoms with van der Waals surface area (Å²) < 4.78 is 9.40. The standard InChI is InChI=1S/C21H23N3O6/c1-4-30-21(28)16-9-10-17(23-13(16)2)20(27)24-15-7-5-14(6-8-15)11-18(25)22-12-19(26)29-3/h5-10H,4,11-12H2,1-3H3,(H,22,25)(H,24,27). The molecule has 158 valence electrons. The van der Waals surface area contributed by atoms with Crippen LogP contribution in [-0.2, 0) is 25.5 Å². The number of hydrogen-bond donors (Lipinski definition) is 2. The van der Waals surface area contributed by atoms with Crippen molar-refractivity contribution in [2.45, 2.75) is 20.3 Å². The molecule has 0 bridgehead atoms. The molecule has 0 aliphatic heterocycles. The maximum absolute atomic E-state index is 12.4. The average molecular weight is 413 g/mol. The van der Waals surface area contributed by atoms with E-state index in [0.29, 0.717) is 22.5 Å². The SMILES string of the molecule is CCOC(=O)c1ccc(C(=O)Nc2ccc(CC(=O)NCC(=O)OC)cc2)nc1C. The Morgan fingerprint density at radius 3 is 2.33 bits per heavy atom. The Morgan fingerprint density at radius 1 is 1.03 bits per heavy atom. The van der Waals surface area contributed by atoms with Crippen LogP contribution in [0, 0.1) is 6.92 Å². The molecule has 1 aromatic heterocycles. The third-order valence-electron chi connectivity index (χ3n) is 4.05. The number of nitrogens with zero attached hydrogens (tertiary/aromatic N) is 1. The van der Waals surface area contributed by atoms with Crippen molar-refractivity contribution in [2.24, 2.45) is 0 Å². The summed E-state index contributed by atoms with van der Waals surface area (Å²) in [5.41, 5.74) is 2.10. The Morgan fingerprint density at radius 2 is 1.73 bits per heavy atom. The van der Waals surface area contributed by atoms with Crippen molar-refractivity contribution >= 4 is 29.4 Å². The summed E-state index contributed by atoms with van der Waals surface area (Å²) >= 11 is 0. The number of nitrogens with one attached hydrogen (secondary N) is 2. The molecule has 2 rings (SSSR count). The van der Waals surface area contributed by atoms with Crippen LogP contribution < -0.4 is 10.6 Å². The molecule has 2 N–H and O–H groups in total. The molecular weight excluding hydrogens is 390 g/mol. The number of ether oxygens (including phenoxy) is 2. The number of rotatable bonds is 8. The van der Waals surface area contributed by atoms with Gasteiger partial charge in [-0.1, -0.05) is 12.1 Å². The van der Waals surface area contributed by atoms with Crippen molar-refractivity contribution in [3.63, 3.8) is 0 Å². The van der Waals surface area contributed by atoms with E-state index in [1.165, 1.54) is 19.2 Å². The lowest BCUT2D eigenvalue weighted by atomic mass is 10.1. The molecule has 1 aromatic carbocycles. The molecular formula is C21H23N3O6. The van der Waals surface area contributed by atoms with E-state index in [9.17, 15) is 19.2 Å². The lowest BCUT2D eigenvalue weighted by Gasteiger charge is -2.09. The van der Waals surface area contributed by atoms with Crippen molar-refractivity contribution in [1.82, 2.24) is 10.3 Å². The minimum absolute atomic E-state index is 0.0846. The molecule has 9 heteroatoms. The van der Waals surface area contributed by atoms with Crippen molar-refractivity contribution in [3.8, 4) is 0 Å². The first-order chi connectivity index (χ1) is 14.3. The van der Waals surface area contributed by atoms with Gasteiger partial charge < -0.3 is 20.1 Å². The van der Waals surface area contributed by atoms with E-state index >= 15 is 0 Å². The topological polar surface area (TPSA) is 124 Å². The summed E-state index contributed by atoms with van der Waals surface area (Å²) in [5.74, 6) is -1.77. The van der Waals surface area contributed by atoms with Crippen LogP contribution in [-0.4, -0.2) is 49.0 Å². The molecule has 2 amide bonds. The molecule has 0 saturated heterocycles. The highest BCUT2D eigenvalue weighted by atomic mass is 16.5. The van der Waals surface area contributed by atoms with Crippen molar-refractivity contribution in [2.75, 3.05) is 25.6 Å². The Bertz CT molecular complexity index is 940. The molecule has 1 heterocycles. The smallest absolute Gasteiger partial charge is 0.339 e. The molecule has 0 unspecified atom stereocenters. The highest BCUT2D eigenvalue weighted by molar-refractivity contribution is 6.03. The van der Waals surface area contributed by atoms with Gasteiger partial charge in [0.2, 0.25) is 5.91 Å². The van der Waals surface area contributed by atoms with E-state index in [4.69, 9.17) is 4.74 Å². The van der Waals surface area contributed by atoms with E-state index in [1.807, 2.05) is 0 Å². The largest absolute Gasteiger partial charge is 0.468 e. The van der Waals surface area contributed by atoms with E-state index in [2.05, 4.69) is 20.4 Å². The van der Waals surface area contributed by atoms with Gasteiger partial charge >= 0.3 is 11.9 Å². The summed E-state index contributed by atoms with van der Waals surface area (Å²) in [6.45, 7) is 3.40. The minimum atomic E-state index is -0.527. The normalized spacial score (nSPS) is 10.1. The summed E-state index contributed by atoms with van der Waals surface area (Å²) in [6, 6.07) is 9.65. The zero-order valence-electron chi connectivity index (χ0n) is 17.0. The number of hydrogen-bond acceptors (Lipinski definition) is 7. The maximum Gasteiger partial charge on any atom is 0.339 e. The predicted octanol–water partition coefficient (Wildman–Crippen LogP) is 1.65. The molecule has 0 spiro atoms. The number of carbonyl (C=O) groups excluding carboxylic acids is 4. The minimum Gasteiger partial charge on any atom is -0.468 e. The van der Waals surface area contributed by atoms with E-state index < -0.39 is 17.8 Å². The summed E-state index contributed by atoms with van der Waals surface area (Å²) in [7, 11) is 1.24. The van der Waals surface area contributed by atoms with Gasteiger partial charge in [-0.05, 0) is 43.7 Å². The number of amides is 2. The van der Waals surface area contributed by atoms with Gasteiger partial charge in [-0.3, -0.25) is 14.4 Å². The number of anilines is 1. The second kappa shape index (κ2) is 10.7. The first-order valence-corrected chi connectivity index (χ1v) is 9.22. The summed E-state index contributed by atoms with van der Waals surface area (Å²) in [5, 5.41) is 5.16. The second-order valence-electron chi connectivity index (χ2n) is 6.23. The molecule has 0 radical (unpaired) electrons. The van der Waals surface area contributed by atoms with Crippen LogP contribution in [0.1, 0.15) is 39.0 Å². The molecule has 0 aliphatic rings. The highest BCUT2D eigenvalue weighted by Gasteiger charge is 2.15. The monoisotopic (exact) mass is 413 g/mol. The molecule has 2 aromatic rings. The Balaban J connectivity index is 1.96. The molecule has 0 saturated carbocycles. The number of aryl methyl sites for hydroxylation is 1. The number of pyridine rings is 1. The van der Waals surface area contributed by atoms with Crippen molar-refractivity contribution < 1.29 is 28.7 Å². The zero-order chi connectivity index (χ0) is 22.1. The molecule has 0 fully saturated rings. The number of esters is 2. The van der Waals surface area contributed by atoms with Gasteiger partial charge in [0.05, 0.1) is 31.4 Å². The van der Waals surface area contributed by atoms with Gasteiger partial charge in [0, 0.05) is 5.69 Å². The Kier molecular flexibility index (Phi) is 8.04. The first-order valence-electron chi connectivity index (χ1n) is 9.22. The van der Waals surface area contributed by atoms with Gasteiger partial charge in [-0.15, -0.1) is 0 Å². The van der Waals surface area contributed by atoms with Gasteiger partial charge in [-0.25, -0.2) is 9.78 Å². The van der Waals surface area contributed by atoms with Crippen LogP contribution in [0.15, 0.2) is 36.4 Å². The van der Waals surface area contributed by atoms with Crippen LogP contribution in [0.25, 0.3) is 0 Å². The molecule has 0 aliphatic carbocycles. The van der Waals surface area contributed by atoms with Crippen LogP contribution in [0.3, 0.4) is 0 Å². The summed E-state index contributed by atoms with van der Waals surface area (Å²) in [6.07, 6.45) is 0.0846. The maximum atomic E-state index is 12.4. The summed E-state index contributed by atoms with van der Waals surface area (Å²) in [4.78, 5) is 51.2. The Hall–Kier alpha value is -3.75. The van der Waals surface area contributed by atoms with Crippen LogP contribution in [0.5, 0.6) is 0 Å². The second-order valence-corrected chi connectivity index (χ2v) is 6.23. The van der Waals surface area contributed by atoms with E-state index in [1.54, 1.807) is 38.1 Å². The quantitative estimate of drug-likeness (QED) is 0.631. The van der Waals surface area contributed by atoms with Crippen LogP contribution in [0.2, 0.25) is 0 Å². The van der Waals surface area contributed by atoms with Gasteiger partial charge in [0.1, 0.15) is 12.2 Å². The van der Waals surface area contributed by atoms with Crippen molar-refractivity contribution in [3.05, 3.63) is 58.9 Å². The van der Waals surface area contributed by atoms with Gasteiger partial charge in [0.25, 0.3) is 5.91 Å². The fraction of sp³-hybridized carbons (Fsp3) is 0.286. The Labute approximate surface area is 173 Å². The lowest BCUT2D eigenvalue weighted by molar-refractivity contribution is -0.141. The zero-order valence-corrected chi connectivity index (χ0v) is 17.0. The number of benzene rings is 1. The molecule has 9 nitrogen and oxygen atoms in total.